The first-order valence-corrected chi connectivity index (χ1v) is 14.7. The van der Waals surface area contributed by atoms with Crippen molar-refractivity contribution in [3.05, 3.63) is 0 Å². The molecule has 38 heavy (non-hydrogen) atoms. The number of rotatable bonds is 11. The molecule has 0 heterocycles. The second-order valence-electron chi connectivity index (χ2n) is 11.9. The molecule has 10 heteroatoms. The lowest BCUT2D eigenvalue weighted by Crippen LogP contribution is -2.40. The molecule has 0 saturated heterocycles. The summed E-state index contributed by atoms with van der Waals surface area (Å²) in [5.74, 6) is -2.34. The maximum Gasteiger partial charge on any atom is 0.310 e. The number of ether oxygens (including phenoxy) is 2. The maximum atomic E-state index is 12.7. The van der Waals surface area contributed by atoms with Crippen molar-refractivity contribution in [2.24, 2.45) is 23.7 Å². The zero-order valence-electron chi connectivity index (χ0n) is 22.4. The third kappa shape index (κ3) is 8.60. The molecule has 5 unspecified atom stereocenters. The first kappa shape index (κ1) is 29.7. The van der Waals surface area contributed by atoms with Crippen molar-refractivity contribution in [3.8, 4) is 0 Å². The van der Waals surface area contributed by atoms with Crippen molar-refractivity contribution in [2.75, 3.05) is 13.2 Å². The zero-order valence-corrected chi connectivity index (χ0v) is 22.4. The lowest BCUT2D eigenvalue weighted by atomic mass is 9.78. The topological polar surface area (TPSA) is 141 Å². The fraction of sp³-hybridized carbons (Fsp3) is 0.929. The van der Waals surface area contributed by atoms with Crippen LogP contribution in [0.25, 0.3) is 0 Å². The molecular formula is C28H46O10. The maximum absolute atomic E-state index is 12.7. The number of aliphatic carboxylic acids is 1. The number of carboxylic acids is 1. The van der Waals surface area contributed by atoms with Gasteiger partial charge in [0.15, 0.2) is 0 Å². The summed E-state index contributed by atoms with van der Waals surface area (Å²) in [4.78, 5) is 40.0. The average molecular weight is 543 g/mol. The largest absolute Gasteiger partial charge is 0.481 e. The van der Waals surface area contributed by atoms with Gasteiger partial charge >= 0.3 is 11.9 Å². The van der Waals surface area contributed by atoms with Crippen molar-refractivity contribution < 1.29 is 49.2 Å². The average Bonchev–Trinajstić information content (AvgIpc) is 2.92. The Labute approximate surface area is 225 Å². The van der Waals surface area contributed by atoms with Gasteiger partial charge in [-0.3, -0.25) is 14.8 Å². The van der Waals surface area contributed by atoms with E-state index in [2.05, 4.69) is 4.89 Å². The molecule has 0 aliphatic heterocycles. The third-order valence-electron chi connectivity index (χ3n) is 9.19. The van der Waals surface area contributed by atoms with Crippen LogP contribution in [0.5, 0.6) is 0 Å². The summed E-state index contributed by atoms with van der Waals surface area (Å²) < 4.78 is 12.1. The van der Waals surface area contributed by atoms with Crippen LogP contribution in [0.3, 0.4) is 0 Å². The Bertz CT molecular complexity index is 729. The highest BCUT2D eigenvalue weighted by atomic mass is 17.2. The fourth-order valence-electron chi connectivity index (χ4n) is 6.82. The Morgan fingerprint density at radius 2 is 1.26 bits per heavy atom. The highest BCUT2D eigenvalue weighted by molar-refractivity contribution is 5.81. The highest BCUT2D eigenvalue weighted by Crippen LogP contribution is 2.35. The van der Waals surface area contributed by atoms with Crippen LogP contribution in [0.1, 0.15) is 96.3 Å². The summed E-state index contributed by atoms with van der Waals surface area (Å²) >= 11 is 0. The summed E-state index contributed by atoms with van der Waals surface area (Å²) in [6.45, 7) is 0.898. The van der Waals surface area contributed by atoms with Crippen LogP contribution >= 0.6 is 0 Å². The number of carboxylic acid groups (broad SMARTS) is 1. The molecule has 4 saturated carbocycles. The quantitative estimate of drug-likeness (QED) is 0.197. The van der Waals surface area contributed by atoms with Crippen molar-refractivity contribution in [3.63, 3.8) is 0 Å². The summed E-state index contributed by atoms with van der Waals surface area (Å²) in [6, 6.07) is 0. The van der Waals surface area contributed by atoms with Crippen molar-refractivity contribution in [2.45, 2.75) is 127 Å². The molecule has 5 atom stereocenters. The van der Waals surface area contributed by atoms with Gasteiger partial charge in [-0.05, 0) is 95.3 Å². The van der Waals surface area contributed by atoms with E-state index in [1.807, 2.05) is 0 Å². The molecule has 4 aliphatic rings. The second kappa shape index (κ2) is 14.9. The van der Waals surface area contributed by atoms with E-state index in [-0.39, 0.29) is 30.8 Å². The van der Waals surface area contributed by atoms with Crippen LogP contribution in [0, 0.1) is 23.7 Å². The molecule has 218 valence electrons. The molecule has 0 aromatic carbocycles. The summed E-state index contributed by atoms with van der Waals surface area (Å²) in [6.07, 6.45) is 11.7. The van der Waals surface area contributed by atoms with Gasteiger partial charge in [0, 0.05) is 0 Å². The van der Waals surface area contributed by atoms with Gasteiger partial charge in [-0.2, -0.15) is 0 Å². The Morgan fingerprint density at radius 1 is 0.684 bits per heavy atom. The molecule has 3 N–H and O–H groups in total. The Hall–Kier alpha value is -1.30. The van der Waals surface area contributed by atoms with E-state index in [0.717, 1.165) is 64.2 Å². The smallest absolute Gasteiger partial charge is 0.310 e. The molecule has 10 nitrogen and oxygen atoms in total. The lowest BCUT2D eigenvalue weighted by Gasteiger charge is -2.35. The molecule has 0 radical (unpaired) electrons. The Kier molecular flexibility index (Phi) is 11.6. The standard InChI is InChI=1S/C28H46O10/c29-20-5-14-25(26(15-20)27(30)31)28(32)37-23-8-6-21(7-9-23)36-22-10-12-24(13-11-22)38-35-17-19-4-2-1-3-18(19)16-34-33/h18-26,29,33H,1-17H2,(H,30,31). The van der Waals surface area contributed by atoms with Gasteiger partial charge in [-0.15, -0.1) is 0 Å². The van der Waals surface area contributed by atoms with Crippen LogP contribution < -0.4 is 0 Å². The van der Waals surface area contributed by atoms with Crippen LogP contribution in [0.15, 0.2) is 0 Å². The molecule has 0 aromatic heterocycles. The van der Waals surface area contributed by atoms with Gasteiger partial charge in [-0.1, -0.05) is 12.8 Å². The van der Waals surface area contributed by atoms with Crippen LogP contribution in [0.4, 0.5) is 0 Å². The first-order chi connectivity index (χ1) is 18.4. The summed E-state index contributed by atoms with van der Waals surface area (Å²) in [5, 5.41) is 28.0. The van der Waals surface area contributed by atoms with E-state index >= 15 is 0 Å². The minimum absolute atomic E-state index is 0.0802. The molecule has 0 amide bonds. The normalized spacial score (nSPS) is 38.4. The molecule has 4 aliphatic carbocycles. The van der Waals surface area contributed by atoms with E-state index < -0.39 is 29.9 Å². The van der Waals surface area contributed by atoms with Crippen molar-refractivity contribution in [1.29, 1.82) is 0 Å². The number of aliphatic hydroxyl groups excluding tert-OH is 1. The molecule has 0 bridgehead atoms. The van der Waals surface area contributed by atoms with Crippen molar-refractivity contribution in [1.82, 2.24) is 0 Å². The number of carbonyl (C=O) groups excluding carboxylic acids is 1. The predicted molar refractivity (Wildman–Crippen MR) is 135 cm³/mol. The van der Waals surface area contributed by atoms with Crippen molar-refractivity contribution >= 4 is 11.9 Å². The van der Waals surface area contributed by atoms with Gasteiger partial charge in [-0.25, -0.2) is 14.7 Å². The van der Waals surface area contributed by atoms with E-state index in [4.69, 9.17) is 24.5 Å². The molecular weight excluding hydrogens is 496 g/mol. The monoisotopic (exact) mass is 542 g/mol. The summed E-state index contributed by atoms with van der Waals surface area (Å²) in [5.41, 5.74) is 0. The van der Waals surface area contributed by atoms with Crippen LogP contribution in [-0.4, -0.2) is 71.1 Å². The fourth-order valence-corrected chi connectivity index (χ4v) is 6.82. The molecule has 4 rings (SSSR count). The van der Waals surface area contributed by atoms with E-state index in [1.54, 1.807) is 0 Å². The van der Waals surface area contributed by atoms with Gasteiger partial charge in [0.1, 0.15) is 6.10 Å². The minimum atomic E-state index is -1.04. The molecule has 0 aromatic rings. The Morgan fingerprint density at radius 3 is 1.87 bits per heavy atom. The number of esters is 1. The second-order valence-corrected chi connectivity index (χ2v) is 11.9. The minimum Gasteiger partial charge on any atom is -0.481 e. The van der Waals surface area contributed by atoms with E-state index in [0.29, 0.717) is 37.9 Å². The van der Waals surface area contributed by atoms with Crippen LogP contribution in [-0.2, 0) is 33.7 Å². The van der Waals surface area contributed by atoms with Gasteiger partial charge < -0.3 is 19.7 Å². The van der Waals surface area contributed by atoms with E-state index in [1.165, 1.54) is 12.8 Å². The lowest BCUT2D eigenvalue weighted by molar-refractivity contribution is -0.340. The van der Waals surface area contributed by atoms with Gasteiger partial charge in [0.05, 0.1) is 49.5 Å². The van der Waals surface area contributed by atoms with Gasteiger partial charge in [0.2, 0.25) is 0 Å². The number of carbonyl (C=O) groups is 2. The SMILES string of the molecule is O=C(O)C1CC(O)CCC1C(=O)OC1CCC(OC2CCC(OOCC3CCCCC3COO)CC2)CC1. The Balaban J connectivity index is 1.09. The van der Waals surface area contributed by atoms with Gasteiger partial charge in [0.25, 0.3) is 0 Å². The van der Waals surface area contributed by atoms with Crippen LogP contribution in [0.2, 0.25) is 0 Å². The number of hydrogen-bond acceptors (Lipinski definition) is 9. The molecule has 0 spiro atoms. The number of hydrogen-bond donors (Lipinski definition) is 3. The predicted octanol–water partition coefficient (Wildman–Crippen LogP) is 4.27. The summed E-state index contributed by atoms with van der Waals surface area (Å²) in [7, 11) is 0. The molecule has 4 fully saturated rings. The first-order valence-electron chi connectivity index (χ1n) is 14.7. The highest BCUT2D eigenvalue weighted by Gasteiger charge is 2.41. The van der Waals surface area contributed by atoms with E-state index in [9.17, 15) is 19.8 Å². The number of aliphatic hydroxyl groups is 1. The zero-order chi connectivity index (χ0) is 26.9. The third-order valence-corrected chi connectivity index (χ3v) is 9.19.